The fourth-order valence-corrected chi connectivity index (χ4v) is 3.72. The zero-order valence-electron chi connectivity index (χ0n) is 13.0. The Bertz CT molecular complexity index is 449. The lowest BCUT2D eigenvalue weighted by Crippen LogP contribution is -2.10. The molecule has 0 aromatic heterocycles. The molecule has 0 amide bonds. The van der Waals surface area contributed by atoms with E-state index in [0.717, 1.165) is 0 Å². The SMILES string of the molecule is Fc1c(OCC2CCCC2)ccc(OCC2CCCC2)c1Cl. The first-order chi connectivity index (χ1) is 10.7. The van der Waals surface area contributed by atoms with E-state index in [1.807, 2.05) is 0 Å². The van der Waals surface area contributed by atoms with E-state index in [9.17, 15) is 4.39 Å². The van der Waals surface area contributed by atoms with Crippen molar-refractivity contribution in [2.45, 2.75) is 51.4 Å². The number of halogens is 2. The van der Waals surface area contributed by atoms with Gasteiger partial charge >= 0.3 is 0 Å². The van der Waals surface area contributed by atoms with Crippen molar-refractivity contribution in [2.75, 3.05) is 13.2 Å². The average Bonchev–Trinajstić information content (AvgIpc) is 3.20. The first kappa shape index (κ1) is 15.9. The van der Waals surface area contributed by atoms with Gasteiger partial charge < -0.3 is 9.47 Å². The molecule has 0 saturated heterocycles. The quantitative estimate of drug-likeness (QED) is 0.675. The summed E-state index contributed by atoms with van der Waals surface area (Å²) in [7, 11) is 0. The minimum absolute atomic E-state index is 0.0434. The van der Waals surface area contributed by atoms with Crippen molar-refractivity contribution >= 4 is 11.6 Å². The second-order valence-electron chi connectivity index (χ2n) is 6.61. The maximum Gasteiger partial charge on any atom is 0.187 e. The van der Waals surface area contributed by atoms with Crippen molar-refractivity contribution in [3.63, 3.8) is 0 Å². The van der Waals surface area contributed by atoms with Crippen molar-refractivity contribution in [3.05, 3.63) is 23.0 Å². The number of rotatable bonds is 6. The van der Waals surface area contributed by atoms with Crippen LogP contribution in [0.3, 0.4) is 0 Å². The average molecular weight is 327 g/mol. The standard InChI is InChI=1S/C18H24ClFO2/c19-17-15(21-11-13-5-1-2-6-13)9-10-16(18(17)20)22-12-14-7-3-4-8-14/h9-10,13-14H,1-8,11-12H2. The van der Waals surface area contributed by atoms with Crippen LogP contribution >= 0.6 is 11.6 Å². The van der Waals surface area contributed by atoms with E-state index in [4.69, 9.17) is 21.1 Å². The van der Waals surface area contributed by atoms with Gasteiger partial charge in [-0.15, -0.1) is 0 Å². The lowest BCUT2D eigenvalue weighted by molar-refractivity contribution is 0.237. The molecule has 0 spiro atoms. The third-order valence-electron chi connectivity index (χ3n) is 4.91. The van der Waals surface area contributed by atoms with Crippen molar-refractivity contribution in [1.29, 1.82) is 0 Å². The molecular weight excluding hydrogens is 303 g/mol. The Morgan fingerprint density at radius 2 is 1.32 bits per heavy atom. The Hall–Kier alpha value is -0.960. The van der Waals surface area contributed by atoms with Crippen LogP contribution in [0.5, 0.6) is 11.5 Å². The molecule has 1 aromatic rings. The fourth-order valence-electron chi connectivity index (χ4n) is 3.51. The summed E-state index contributed by atoms with van der Waals surface area (Å²) in [5, 5.41) is 0.0434. The zero-order valence-corrected chi connectivity index (χ0v) is 13.7. The van der Waals surface area contributed by atoms with Crippen LogP contribution in [0.2, 0.25) is 5.02 Å². The predicted molar refractivity (Wildman–Crippen MR) is 86.3 cm³/mol. The molecule has 2 aliphatic carbocycles. The zero-order chi connectivity index (χ0) is 15.4. The van der Waals surface area contributed by atoms with Crippen molar-refractivity contribution < 1.29 is 13.9 Å². The Labute approximate surface area is 136 Å². The topological polar surface area (TPSA) is 18.5 Å². The largest absolute Gasteiger partial charge is 0.492 e. The maximum absolute atomic E-state index is 14.3. The molecule has 3 rings (SSSR count). The summed E-state index contributed by atoms with van der Waals surface area (Å²) in [6.45, 7) is 1.21. The first-order valence-electron chi connectivity index (χ1n) is 8.47. The first-order valence-corrected chi connectivity index (χ1v) is 8.85. The molecule has 4 heteroatoms. The van der Waals surface area contributed by atoms with Gasteiger partial charge in [-0.25, -0.2) is 4.39 Å². The van der Waals surface area contributed by atoms with Gasteiger partial charge in [0.05, 0.1) is 13.2 Å². The number of ether oxygens (including phenoxy) is 2. The Morgan fingerprint density at radius 1 is 0.864 bits per heavy atom. The molecule has 0 bridgehead atoms. The Morgan fingerprint density at radius 3 is 1.86 bits per heavy atom. The molecule has 0 unspecified atom stereocenters. The molecule has 2 saturated carbocycles. The third kappa shape index (κ3) is 3.87. The van der Waals surface area contributed by atoms with E-state index >= 15 is 0 Å². The van der Waals surface area contributed by atoms with Gasteiger partial charge in [0.1, 0.15) is 10.8 Å². The lowest BCUT2D eigenvalue weighted by atomic mass is 10.1. The summed E-state index contributed by atoms with van der Waals surface area (Å²) in [5.41, 5.74) is 0. The monoisotopic (exact) mass is 326 g/mol. The number of hydrogen-bond donors (Lipinski definition) is 0. The van der Waals surface area contributed by atoms with E-state index in [0.29, 0.717) is 30.8 Å². The van der Waals surface area contributed by atoms with Gasteiger partial charge in [-0.3, -0.25) is 0 Å². The van der Waals surface area contributed by atoms with Crippen LogP contribution < -0.4 is 9.47 Å². The Kier molecular flexibility index (Phi) is 5.46. The molecule has 0 N–H and O–H groups in total. The molecule has 2 fully saturated rings. The molecule has 0 atom stereocenters. The van der Waals surface area contributed by atoms with E-state index in [1.165, 1.54) is 51.4 Å². The van der Waals surface area contributed by atoms with E-state index in [1.54, 1.807) is 12.1 Å². The second kappa shape index (κ2) is 7.54. The normalized spacial score (nSPS) is 19.7. The Balaban J connectivity index is 1.57. The van der Waals surface area contributed by atoms with E-state index in [2.05, 4.69) is 0 Å². The minimum Gasteiger partial charge on any atom is -0.492 e. The van der Waals surface area contributed by atoms with Crippen LogP contribution in [-0.2, 0) is 0 Å². The highest BCUT2D eigenvalue weighted by molar-refractivity contribution is 6.32. The van der Waals surface area contributed by atoms with Crippen LogP contribution in [0.1, 0.15) is 51.4 Å². The number of benzene rings is 1. The molecule has 22 heavy (non-hydrogen) atoms. The maximum atomic E-state index is 14.3. The van der Waals surface area contributed by atoms with Gasteiger partial charge in [-0.2, -0.15) is 0 Å². The number of hydrogen-bond acceptors (Lipinski definition) is 2. The van der Waals surface area contributed by atoms with Crippen molar-refractivity contribution in [2.24, 2.45) is 11.8 Å². The van der Waals surface area contributed by atoms with Crippen molar-refractivity contribution in [1.82, 2.24) is 0 Å². The molecule has 0 heterocycles. The summed E-state index contributed by atoms with van der Waals surface area (Å²) in [5.74, 6) is 1.31. The third-order valence-corrected chi connectivity index (χ3v) is 5.26. The molecular formula is C18H24ClFO2. The second-order valence-corrected chi connectivity index (χ2v) is 6.99. The highest BCUT2D eigenvalue weighted by atomic mass is 35.5. The van der Waals surface area contributed by atoms with Crippen LogP contribution in [0, 0.1) is 17.7 Å². The summed E-state index contributed by atoms with van der Waals surface area (Å²) in [6, 6.07) is 3.37. The van der Waals surface area contributed by atoms with Gasteiger partial charge in [-0.05, 0) is 49.7 Å². The van der Waals surface area contributed by atoms with Gasteiger partial charge in [-0.1, -0.05) is 37.3 Å². The summed E-state index contributed by atoms with van der Waals surface area (Å²) in [6.07, 6.45) is 9.80. The van der Waals surface area contributed by atoms with E-state index in [-0.39, 0.29) is 10.8 Å². The minimum atomic E-state index is -0.497. The summed E-state index contributed by atoms with van der Waals surface area (Å²) >= 11 is 6.10. The van der Waals surface area contributed by atoms with E-state index < -0.39 is 5.82 Å². The molecule has 2 aliphatic rings. The van der Waals surface area contributed by atoms with Gasteiger partial charge in [0.25, 0.3) is 0 Å². The highest BCUT2D eigenvalue weighted by Crippen LogP contribution is 2.35. The smallest absolute Gasteiger partial charge is 0.187 e. The fraction of sp³-hybridized carbons (Fsp3) is 0.667. The summed E-state index contributed by atoms with van der Waals surface area (Å²) in [4.78, 5) is 0. The van der Waals surface area contributed by atoms with Crippen LogP contribution in [0.15, 0.2) is 12.1 Å². The van der Waals surface area contributed by atoms with Crippen LogP contribution in [0.4, 0.5) is 4.39 Å². The molecule has 0 radical (unpaired) electrons. The molecule has 122 valence electrons. The molecule has 0 aliphatic heterocycles. The lowest BCUT2D eigenvalue weighted by Gasteiger charge is -2.16. The van der Waals surface area contributed by atoms with Crippen LogP contribution in [0.25, 0.3) is 0 Å². The van der Waals surface area contributed by atoms with Gasteiger partial charge in [0.2, 0.25) is 0 Å². The summed E-state index contributed by atoms with van der Waals surface area (Å²) < 4.78 is 25.6. The molecule has 1 aromatic carbocycles. The van der Waals surface area contributed by atoms with Gasteiger partial charge in [0, 0.05) is 0 Å². The van der Waals surface area contributed by atoms with Gasteiger partial charge in [0.15, 0.2) is 11.6 Å². The van der Waals surface area contributed by atoms with Crippen molar-refractivity contribution in [3.8, 4) is 11.5 Å². The molecule has 2 nitrogen and oxygen atoms in total. The predicted octanol–water partition coefficient (Wildman–Crippen LogP) is 5.62. The highest BCUT2D eigenvalue weighted by Gasteiger charge is 2.20. The van der Waals surface area contributed by atoms with Crippen LogP contribution in [-0.4, -0.2) is 13.2 Å².